The van der Waals surface area contributed by atoms with Gasteiger partial charge in [-0.2, -0.15) is 0 Å². The average Bonchev–Trinajstić information content (AvgIpc) is 2.59. The summed E-state index contributed by atoms with van der Waals surface area (Å²) in [5, 5.41) is 28.4. The first kappa shape index (κ1) is 11.0. The molecular formula is C8H13NO5S. The van der Waals surface area contributed by atoms with Crippen LogP contribution in [-0.2, 0) is 4.74 Å². The van der Waals surface area contributed by atoms with E-state index in [0.29, 0.717) is 0 Å². The van der Waals surface area contributed by atoms with Crippen LogP contribution in [0.1, 0.15) is 0 Å². The second-order valence-electron chi connectivity index (χ2n) is 3.65. The van der Waals surface area contributed by atoms with Crippen molar-refractivity contribution < 1.29 is 24.9 Å². The summed E-state index contributed by atoms with van der Waals surface area (Å²) in [6.45, 7) is 0.0564. The zero-order valence-electron chi connectivity index (χ0n) is 8.11. The third kappa shape index (κ3) is 1.50. The fourth-order valence-electron chi connectivity index (χ4n) is 2.02. The molecule has 2 rings (SSSR count). The van der Waals surface area contributed by atoms with Gasteiger partial charge >= 0.3 is 6.09 Å². The molecule has 5 atom stereocenters. The summed E-state index contributed by atoms with van der Waals surface area (Å²) in [6.07, 6.45) is -2.38. The van der Waals surface area contributed by atoms with Crippen molar-refractivity contribution in [2.45, 2.75) is 29.7 Å². The first-order valence-corrected chi connectivity index (χ1v) is 5.88. The van der Waals surface area contributed by atoms with E-state index in [0.717, 1.165) is 0 Å². The molecule has 0 unspecified atom stereocenters. The Bertz CT molecular complexity index is 276. The lowest BCUT2D eigenvalue weighted by molar-refractivity contribution is -0.124. The Hall–Kier alpha value is -0.500. The first-order chi connectivity index (χ1) is 7.07. The summed E-state index contributed by atoms with van der Waals surface area (Å²) in [4.78, 5) is 12.7. The lowest BCUT2D eigenvalue weighted by Gasteiger charge is -2.43. The van der Waals surface area contributed by atoms with Crippen molar-refractivity contribution >= 4 is 17.9 Å². The smallest absolute Gasteiger partial charge is 0.411 e. The maximum atomic E-state index is 11.4. The third-order valence-electron chi connectivity index (χ3n) is 2.85. The highest BCUT2D eigenvalue weighted by Gasteiger charge is 2.53. The van der Waals surface area contributed by atoms with Crippen molar-refractivity contribution in [2.24, 2.45) is 0 Å². The lowest BCUT2D eigenvalue weighted by atomic mass is 9.95. The van der Waals surface area contributed by atoms with Gasteiger partial charge in [0.05, 0.1) is 6.04 Å². The molecule has 2 heterocycles. The highest BCUT2D eigenvalue weighted by molar-refractivity contribution is 7.99. The average molecular weight is 235 g/mol. The van der Waals surface area contributed by atoms with Gasteiger partial charge in [0.1, 0.15) is 30.3 Å². The van der Waals surface area contributed by atoms with E-state index in [1.54, 1.807) is 6.26 Å². The third-order valence-corrected chi connectivity index (χ3v) is 3.84. The summed E-state index contributed by atoms with van der Waals surface area (Å²) in [5.74, 6) is 0. The van der Waals surface area contributed by atoms with Gasteiger partial charge in [-0.25, -0.2) is 4.79 Å². The van der Waals surface area contributed by atoms with E-state index in [4.69, 9.17) is 4.74 Å². The van der Waals surface area contributed by atoms with E-state index in [1.807, 2.05) is 0 Å². The maximum Gasteiger partial charge on any atom is 0.411 e. The number of hydrogen-bond acceptors (Lipinski definition) is 6. The Labute approximate surface area is 90.8 Å². The van der Waals surface area contributed by atoms with Gasteiger partial charge in [-0.05, 0) is 6.26 Å². The lowest BCUT2D eigenvalue weighted by Crippen LogP contribution is -2.64. The van der Waals surface area contributed by atoms with Crippen LogP contribution in [0.15, 0.2) is 0 Å². The second kappa shape index (κ2) is 3.82. The van der Waals surface area contributed by atoms with Gasteiger partial charge < -0.3 is 20.1 Å². The first-order valence-electron chi connectivity index (χ1n) is 4.60. The number of fused-ring (bicyclic) bond motifs is 1. The molecule has 0 saturated carbocycles. The standard InChI is InChI=1S/C8H13NO5S/c1-15-7-6(12)5(11)4(10)3-2-14-8(13)9(3)7/h3-7,10-12H,2H2,1H3/t3-,4-,5+,6-,7+/m1/s1. The monoisotopic (exact) mass is 235 g/mol. The number of thioether (sulfide) groups is 1. The Morgan fingerprint density at radius 1 is 1.33 bits per heavy atom. The molecule has 0 aromatic carbocycles. The number of hydrogen-bond donors (Lipinski definition) is 3. The molecule has 1 amide bonds. The molecule has 7 heteroatoms. The summed E-state index contributed by atoms with van der Waals surface area (Å²) in [5.41, 5.74) is 0. The van der Waals surface area contributed by atoms with Crippen LogP contribution < -0.4 is 0 Å². The van der Waals surface area contributed by atoms with E-state index in [9.17, 15) is 20.1 Å². The topological polar surface area (TPSA) is 90.2 Å². The number of aliphatic hydroxyl groups is 3. The number of cyclic esters (lactones) is 1. The SMILES string of the molecule is CS[C@H]1[C@H](O)[C@@H](O)[C@H](O)[C@H]2COC(=O)N21. The molecular weight excluding hydrogens is 222 g/mol. The van der Waals surface area contributed by atoms with Crippen molar-refractivity contribution in [1.29, 1.82) is 0 Å². The largest absolute Gasteiger partial charge is 0.447 e. The van der Waals surface area contributed by atoms with Crippen LogP contribution in [-0.4, -0.2) is 68.9 Å². The predicted octanol–water partition coefficient (Wildman–Crippen LogP) is -1.41. The minimum absolute atomic E-state index is 0.0564. The Kier molecular flexibility index (Phi) is 2.80. The van der Waals surface area contributed by atoms with Crippen LogP contribution in [0.4, 0.5) is 4.79 Å². The molecule has 0 radical (unpaired) electrons. The van der Waals surface area contributed by atoms with Gasteiger partial charge in [0.15, 0.2) is 0 Å². The number of nitrogens with zero attached hydrogens (tertiary/aromatic N) is 1. The van der Waals surface area contributed by atoms with Crippen LogP contribution in [0.2, 0.25) is 0 Å². The van der Waals surface area contributed by atoms with Crippen molar-refractivity contribution in [2.75, 3.05) is 12.9 Å². The molecule has 2 aliphatic heterocycles. The number of ether oxygens (including phenoxy) is 1. The predicted molar refractivity (Wildman–Crippen MR) is 52.3 cm³/mol. The molecule has 0 aliphatic carbocycles. The van der Waals surface area contributed by atoms with Gasteiger partial charge in [0.2, 0.25) is 0 Å². The van der Waals surface area contributed by atoms with E-state index in [2.05, 4.69) is 0 Å². The molecule has 15 heavy (non-hydrogen) atoms. The van der Waals surface area contributed by atoms with Crippen LogP contribution in [0.3, 0.4) is 0 Å². The second-order valence-corrected chi connectivity index (χ2v) is 4.60. The molecule has 2 fully saturated rings. The molecule has 2 saturated heterocycles. The van der Waals surface area contributed by atoms with Crippen molar-refractivity contribution in [3.05, 3.63) is 0 Å². The van der Waals surface area contributed by atoms with E-state index in [-0.39, 0.29) is 6.61 Å². The molecule has 2 aliphatic rings. The van der Waals surface area contributed by atoms with Crippen molar-refractivity contribution in [3.8, 4) is 0 Å². The molecule has 6 nitrogen and oxygen atoms in total. The molecule has 0 aromatic heterocycles. The summed E-state index contributed by atoms with van der Waals surface area (Å²) in [6, 6.07) is -0.562. The highest BCUT2D eigenvalue weighted by atomic mass is 32.2. The fraction of sp³-hybridized carbons (Fsp3) is 0.875. The normalized spacial score (nSPS) is 45.2. The molecule has 0 bridgehead atoms. The maximum absolute atomic E-state index is 11.4. The number of aliphatic hydroxyl groups excluding tert-OH is 3. The van der Waals surface area contributed by atoms with Crippen molar-refractivity contribution in [1.82, 2.24) is 4.90 Å². The number of amides is 1. The number of carbonyl (C=O) groups excluding carboxylic acids is 1. The van der Waals surface area contributed by atoms with Gasteiger partial charge in [0, 0.05) is 0 Å². The number of piperidine rings is 1. The van der Waals surface area contributed by atoms with Gasteiger partial charge in [-0.3, -0.25) is 4.90 Å². The molecule has 0 spiro atoms. The van der Waals surface area contributed by atoms with Gasteiger partial charge in [0.25, 0.3) is 0 Å². The van der Waals surface area contributed by atoms with Crippen LogP contribution >= 0.6 is 11.8 Å². The molecule has 0 aromatic rings. The fourth-order valence-corrected chi connectivity index (χ4v) is 2.93. The Morgan fingerprint density at radius 3 is 2.60 bits per heavy atom. The van der Waals surface area contributed by atoms with E-state index in [1.165, 1.54) is 16.7 Å². The molecule has 86 valence electrons. The van der Waals surface area contributed by atoms with E-state index >= 15 is 0 Å². The minimum atomic E-state index is -1.24. The quantitative estimate of drug-likeness (QED) is 0.517. The van der Waals surface area contributed by atoms with Crippen LogP contribution in [0.25, 0.3) is 0 Å². The highest BCUT2D eigenvalue weighted by Crippen LogP contribution is 2.33. The van der Waals surface area contributed by atoms with Gasteiger partial charge in [-0.15, -0.1) is 11.8 Å². The van der Waals surface area contributed by atoms with E-state index < -0.39 is 35.8 Å². The molecule has 3 N–H and O–H groups in total. The van der Waals surface area contributed by atoms with Crippen LogP contribution in [0.5, 0.6) is 0 Å². The summed E-state index contributed by atoms with van der Waals surface area (Å²) in [7, 11) is 0. The number of rotatable bonds is 1. The Balaban J connectivity index is 2.28. The van der Waals surface area contributed by atoms with Gasteiger partial charge in [-0.1, -0.05) is 0 Å². The summed E-state index contributed by atoms with van der Waals surface area (Å²) >= 11 is 1.24. The summed E-state index contributed by atoms with van der Waals surface area (Å²) < 4.78 is 4.79. The van der Waals surface area contributed by atoms with Crippen molar-refractivity contribution in [3.63, 3.8) is 0 Å². The zero-order chi connectivity index (χ0) is 11.2. The zero-order valence-corrected chi connectivity index (χ0v) is 8.92. The van der Waals surface area contributed by atoms with Crippen LogP contribution in [0, 0.1) is 0 Å². The Morgan fingerprint density at radius 2 is 2.00 bits per heavy atom. The minimum Gasteiger partial charge on any atom is -0.447 e. The number of carbonyl (C=O) groups is 1.